The molecule has 6 nitrogen and oxygen atoms in total. The van der Waals surface area contributed by atoms with Crippen molar-refractivity contribution >= 4 is 23.3 Å². The first-order valence-electron chi connectivity index (χ1n) is 8.26. The first-order chi connectivity index (χ1) is 12.7. The Morgan fingerprint density at radius 2 is 1.85 bits per heavy atom. The second-order valence-corrected chi connectivity index (χ2v) is 6.12. The number of rotatable bonds is 7. The van der Waals surface area contributed by atoms with Crippen LogP contribution in [0.3, 0.4) is 0 Å². The van der Waals surface area contributed by atoms with Gasteiger partial charge in [-0.25, -0.2) is 4.63 Å². The van der Waals surface area contributed by atoms with Crippen LogP contribution in [0.15, 0.2) is 53.2 Å². The van der Waals surface area contributed by atoms with Gasteiger partial charge in [0.2, 0.25) is 11.7 Å². The van der Waals surface area contributed by atoms with Crippen molar-refractivity contribution in [3.8, 4) is 17.0 Å². The Hall–Kier alpha value is -2.86. The summed E-state index contributed by atoms with van der Waals surface area (Å²) < 4.78 is 10.4. The highest BCUT2D eigenvalue weighted by Gasteiger charge is 2.15. The zero-order valence-corrected chi connectivity index (χ0v) is 15.0. The SMILES string of the molecule is CCCOc1ccc(-c2nonc2NC(=O)Cc2ccc(Cl)cc2)cc1. The lowest BCUT2D eigenvalue weighted by molar-refractivity contribution is -0.115. The van der Waals surface area contributed by atoms with Crippen LogP contribution in [0.5, 0.6) is 5.75 Å². The van der Waals surface area contributed by atoms with Crippen LogP contribution in [0.2, 0.25) is 5.02 Å². The van der Waals surface area contributed by atoms with Gasteiger partial charge >= 0.3 is 0 Å². The lowest BCUT2D eigenvalue weighted by atomic mass is 10.1. The molecule has 2 aromatic carbocycles. The minimum atomic E-state index is -0.216. The van der Waals surface area contributed by atoms with E-state index in [1.807, 2.05) is 24.3 Å². The fourth-order valence-corrected chi connectivity index (χ4v) is 2.48. The molecule has 1 heterocycles. The third-order valence-electron chi connectivity index (χ3n) is 3.62. The van der Waals surface area contributed by atoms with Crippen molar-refractivity contribution in [2.75, 3.05) is 11.9 Å². The molecule has 1 aromatic heterocycles. The van der Waals surface area contributed by atoms with Crippen LogP contribution in [0.25, 0.3) is 11.3 Å². The smallest absolute Gasteiger partial charge is 0.230 e. The van der Waals surface area contributed by atoms with E-state index in [2.05, 4.69) is 22.6 Å². The predicted octanol–water partition coefficient (Wildman–Crippen LogP) is 4.36. The number of benzene rings is 2. The molecular formula is C19H18ClN3O3. The van der Waals surface area contributed by atoms with E-state index in [1.54, 1.807) is 24.3 Å². The van der Waals surface area contributed by atoms with Crippen LogP contribution in [-0.2, 0) is 11.2 Å². The molecule has 0 saturated carbocycles. The summed E-state index contributed by atoms with van der Waals surface area (Å²) in [5, 5.41) is 11.0. The van der Waals surface area contributed by atoms with Gasteiger partial charge in [0, 0.05) is 10.6 Å². The number of anilines is 1. The number of nitrogens with zero attached hydrogens (tertiary/aromatic N) is 2. The minimum absolute atomic E-state index is 0.202. The van der Waals surface area contributed by atoms with Crippen LogP contribution in [0.4, 0.5) is 5.82 Å². The molecule has 0 bridgehead atoms. The van der Waals surface area contributed by atoms with Gasteiger partial charge in [0.15, 0.2) is 5.69 Å². The number of hydrogen-bond donors (Lipinski definition) is 1. The van der Waals surface area contributed by atoms with E-state index in [0.29, 0.717) is 17.3 Å². The standard InChI is InChI=1S/C19H18ClN3O3/c1-2-11-25-16-9-5-14(6-10-16)18-19(23-26-22-18)21-17(24)12-13-3-7-15(20)8-4-13/h3-10H,2,11-12H2,1H3,(H,21,23,24). The van der Waals surface area contributed by atoms with E-state index in [4.69, 9.17) is 21.0 Å². The van der Waals surface area contributed by atoms with Crippen LogP contribution >= 0.6 is 11.6 Å². The Morgan fingerprint density at radius 3 is 2.54 bits per heavy atom. The van der Waals surface area contributed by atoms with Crippen molar-refractivity contribution in [3.63, 3.8) is 0 Å². The van der Waals surface area contributed by atoms with E-state index >= 15 is 0 Å². The van der Waals surface area contributed by atoms with Gasteiger partial charge in [0.1, 0.15) is 5.75 Å². The van der Waals surface area contributed by atoms with Gasteiger partial charge in [0.05, 0.1) is 13.0 Å². The molecule has 7 heteroatoms. The number of aromatic nitrogens is 2. The van der Waals surface area contributed by atoms with E-state index in [-0.39, 0.29) is 18.1 Å². The van der Waals surface area contributed by atoms with Crippen LogP contribution in [-0.4, -0.2) is 22.8 Å². The van der Waals surface area contributed by atoms with E-state index < -0.39 is 0 Å². The molecule has 0 aliphatic rings. The van der Waals surface area contributed by atoms with Gasteiger partial charge in [-0.3, -0.25) is 4.79 Å². The molecule has 3 rings (SSSR count). The largest absolute Gasteiger partial charge is 0.494 e. The summed E-state index contributed by atoms with van der Waals surface area (Å²) in [6.07, 6.45) is 1.14. The van der Waals surface area contributed by atoms with Crippen LogP contribution < -0.4 is 10.1 Å². The lowest BCUT2D eigenvalue weighted by Gasteiger charge is -2.06. The summed E-state index contributed by atoms with van der Waals surface area (Å²) in [5.41, 5.74) is 2.09. The maximum absolute atomic E-state index is 12.2. The highest BCUT2D eigenvalue weighted by molar-refractivity contribution is 6.30. The molecule has 1 amide bonds. The van der Waals surface area contributed by atoms with Gasteiger partial charge in [-0.1, -0.05) is 30.7 Å². The molecule has 1 N–H and O–H groups in total. The maximum atomic E-state index is 12.2. The van der Waals surface area contributed by atoms with Crippen molar-refractivity contribution in [2.45, 2.75) is 19.8 Å². The monoisotopic (exact) mass is 371 g/mol. The van der Waals surface area contributed by atoms with Crippen molar-refractivity contribution < 1.29 is 14.2 Å². The average Bonchev–Trinajstić information content (AvgIpc) is 3.10. The van der Waals surface area contributed by atoms with Crippen molar-refractivity contribution in [2.24, 2.45) is 0 Å². The number of amides is 1. The van der Waals surface area contributed by atoms with Crippen molar-refractivity contribution in [1.82, 2.24) is 10.3 Å². The van der Waals surface area contributed by atoms with Crippen LogP contribution in [0.1, 0.15) is 18.9 Å². The summed E-state index contributed by atoms with van der Waals surface area (Å²) in [6, 6.07) is 14.5. The number of nitrogens with one attached hydrogen (secondary N) is 1. The predicted molar refractivity (Wildman–Crippen MR) is 99.3 cm³/mol. The molecule has 134 valence electrons. The molecule has 0 fully saturated rings. The van der Waals surface area contributed by atoms with E-state index in [0.717, 1.165) is 23.3 Å². The normalized spacial score (nSPS) is 10.5. The average molecular weight is 372 g/mol. The molecular weight excluding hydrogens is 354 g/mol. The summed E-state index contributed by atoms with van der Waals surface area (Å²) in [4.78, 5) is 12.2. The molecule has 0 unspecified atom stereocenters. The van der Waals surface area contributed by atoms with E-state index in [1.165, 1.54) is 0 Å². The topological polar surface area (TPSA) is 77.2 Å². The maximum Gasteiger partial charge on any atom is 0.230 e. The minimum Gasteiger partial charge on any atom is -0.494 e. The Balaban J connectivity index is 1.68. The molecule has 26 heavy (non-hydrogen) atoms. The fourth-order valence-electron chi connectivity index (χ4n) is 2.35. The van der Waals surface area contributed by atoms with E-state index in [9.17, 15) is 4.79 Å². The molecule has 0 saturated heterocycles. The molecule has 0 aliphatic carbocycles. The lowest BCUT2D eigenvalue weighted by Crippen LogP contribution is -2.15. The van der Waals surface area contributed by atoms with Crippen molar-refractivity contribution in [1.29, 1.82) is 0 Å². The van der Waals surface area contributed by atoms with Gasteiger partial charge in [-0.15, -0.1) is 0 Å². The Kier molecular flexibility index (Phi) is 5.86. The third kappa shape index (κ3) is 4.61. The number of hydrogen-bond acceptors (Lipinski definition) is 5. The molecule has 0 atom stereocenters. The first-order valence-corrected chi connectivity index (χ1v) is 8.63. The molecule has 3 aromatic rings. The van der Waals surface area contributed by atoms with Gasteiger partial charge in [-0.05, 0) is 58.7 Å². The van der Waals surface area contributed by atoms with Gasteiger partial charge in [0.25, 0.3) is 0 Å². The highest BCUT2D eigenvalue weighted by Crippen LogP contribution is 2.26. The summed E-state index contributed by atoms with van der Waals surface area (Å²) in [5.74, 6) is 0.846. The Morgan fingerprint density at radius 1 is 1.12 bits per heavy atom. The molecule has 0 aliphatic heterocycles. The zero-order chi connectivity index (χ0) is 18.4. The third-order valence-corrected chi connectivity index (χ3v) is 3.88. The number of carbonyl (C=O) groups excluding carboxylic acids is 1. The molecule has 0 radical (unpaired) electrons. The number of carbonyl (C=O) groups is 1. The van der Waals surface area contributed by atoms with Crippen molar-refractivity contribution in [3.05, 3.63) is 59.1 Å². The number of halogens is 1. The fraction of sp³-hybridized carbons (Fsp3) is 0.211. The Bertz CT molecular complexity index is 860. The summed E-state index contributed by atoms with van der Waals surface area (Å²) >= 11 is 5.85. The zero-order valence-electron chi connectivity index (χ0n) is 14.2. The van der Waals surface area contributed by atoms with Gasteiger partial charge < -0.3 is 10.1 Å². The molecule has 0 spiro atoms. The Labute approximate surface area is 156 Å². The highest BCUT2D eigenvalue weighted by atomic mass is 35.5. The second kappa shape index (κ2) is 8.49. The second-order valence-electron chi connectivity index (χ2n) is 5.69. The van der Waals surface area contributed by atoms with Crippen LogP contribution in [0, 0.1) is 0 Å². The van der Waals surface area contributed by atoms with Gasteiger partial charge in [-0.2, -0.15) is 0 Å². The number of ether oxygens (including phenoxy) is 1. The quantitative estimate of drug-likeness (QED) is 0.667. The summed E-state index contributed by atoms with van der Waals surface area (Å²) in [7, 11) is 0. The first kappa shape index (κ1) is 17.9. The summed E-state index contributed by atoms with van der Waals surface area (Å²) in [6.45, 7) is 2.71.